The van der Waals surface area contributed by atoms with Crippen molar-refractivity contribution < 1.29 is 14.7 Å². The molecule has 1 atom stereocenters. The van der Waals surface area contributed by atoms with E-state index in [1.165, 1.54) is 5.56 Å². The first-order valence-corrected chi connectivity index (χ1v) is 9.63. The summed E-state index contributed by atoms with van der Waals surface area (Å²) in [6.07, 6.45) is 4.69. The number of carbonyl (C=O) groups excluding carboxylic acids is 1. The molecule has 1 heterocycles. The van der Waals surface area contributed by atoms with Crippen molar-refractivity contribution in [3.63, 3.8) is 0 Å². The summed E-state index contributed by atoms with van der Waals surface area (Å²) in [6.45, 7) is 3.60. The van der Waals surface area contributed by atoms with E-state index in [4.69, 9.17) is 5.11 Å². The lowest BCUT2D eigenvalue weighted by Crippen LogP contribution is -2.57. The van der Waals surface area contributed by atoms with E-state index in [2.05, 4.69) is 17.4 Å². The smallest absolute Gasteiger partial charge is 0.317 e. The Morgan fingerprint density at radius 2 is 2.00 bits per heavy atom. The number of nitrogens with zero attached hydrogens (tertiary/aromatic N) is 2. The van der Waals surface area contributed by atoms with Crippen LogP contribution in [0.3, 0.4) is 0 Å². The number of nitrogens with one attached hydrogen (secondary N) is 1. The predicted molar refractivity (Wildman–Crippen MR) is 100 cm³/mol. The lowest BCUT2D eigenvalue weighted by atomic mass is 9.85. The van der Waals surface area contributed by atoms with E-state index in [9.17, 15) is 9.59 Å². The van der Waals surface area contributed by atoms with Crippen molar-refractivity contribution in [1.29, 1.82) is 0 Å². The zero-order chi connectivity index (χ0) is 18.5. The Morgan fingerprint density at radius 1 is 1.27 bits per heavy atom. The summed E-state index contributed by atoms with van der Waals surface area (Å²) in [5.41, 5.74) is 1.27. The summed E-state index contributed by atoms with van der Waals surface area (Å²) in [6, 6.07) is 11.1. The van der Waals surface area contributed by atoms with Crippen molar-refractivity contribution in [2.24, 2.45) is 0 Å². The molecule has 1 aliphatic heterocycles. The SMILES string of the molecule is CCN(CC(=O)O)C1CC(NC(=O)N2CCCC2Cc2ccccc2)C1. The number of carbonyl (C=O) groups is 2. The van der Waals surface area contributed by atoms with Crippen LogP contribution in [0.5, 0.6) is 0 Å². The molecule has 26 heavy (non-hydrogen) atoms. The molecule has 0 bridgehead atoms. The predicted octanol–water partition coefficient (Wildman–Crippen LogP) is 2.34. The number of hydrogen-bond acceptors (Lipinski definition) is 3. The number of likely N-dealkylation sites (N-methyl/N-ethyl adjacent to an activating group) is 1. The van der Waals surface area contributed by atoms with E-state index in [1.807, 2.05) is 34.9 Å². The maximum absolute atomic E-state index is 12.7. The van der Waals surface area contributed by atoms with Gasteiger partial charge in [0.2, 0.25) is 0 Å². The van der Waals surface area contributed by atoms with Crippen molar-refractivity contribution in [1.82, 2.24) is 15.1 Å². The van der Waals surface area contributed by atoms with Crippen LogP contribution in [0.1, 0.15) is 38.2 Å². The van der Waals surface area contributed by atoms with Crippen molar-refractivity contribution >= 4 is 12.0 Å². The minimum Gasteiger partial charge on any atom is -0.480 e. The Hall–Kier alpha value is -2.08. The van der Waals surface area contributed by atoms with Crippen molar-refractivity contribution in [3.8, 4) is 0 Å². The second kappa shape index (κ2) is 8.54. The van der Waals surface area contributed by atoms with Gasteiger partial charge in [0.25, 0.3) is 0 Å². The standard InChI is InChI=1S/C20H29N3O3/c1-2-22(14-19(24)25)18-12-16(13-18)21-20(26)23-10-6-9-17(23)11-15-7-4-3-5-8-15/h3-5,7-8,16-18H,2,6,9-14H2,1H3,(H,21,26)(H,24,25). The summed E-state index contributed by atoms with van der Waals surface area (Å²) in [5, 5.41) is 12.1. The summed E-state index contributed by atoms with van der Waals surface area (Å²) >= 11 is 0. The number of carboxylic acid groups (broad SMARTS) is 1. The zero-order valence-electron chi connectivity index (χ0n) is 15.4. The van der Waals surface area contributed by atoms with Crippen LogP contribution < -0.4 is 5.32 Å². The highest BCUT2D eigenvalue weighted by Gasteiger charge is 2.37. The lowest BCUT2D eigenvalue weighted by Gasteiger charge is -2.43. The van der Waals surface area contributed by atoms with Crippen LogP contribution in [-0.4, -0.2) is 64.7 Å². The first kappa shape index (κ1) is 18.7. The molecule has 2 aliphatic rings. The van der Waals surface area contributed by atoms with Gasteiger partial charge in [-0.05, 0) is 44.2 Å². The number of rotatable bonds is 7. The molecule has 1 aromatic carbocycles. The third kappa shape index (κ3) is 4.55. The molecule has 6 nitrogen and oxygen atoms in total. The number of benzene rings is 1. The highest BCUT2D eigenvalue weighted by molar-refractivity contribution is 5.75. The molecule has 2 amide bonds. The molecule has 1 unspecified atom stereocenters. The molecule has 3 rings (SSSR count). The van der Waals surface area contributed by atoms with Gasteiger partial charge in [0.05, 0.1) is 6.54 Å². The molecular formula is C20H29N3O3. The third-order valence-corrected chi connectivity index (χ3v) is 5.65. The fourth-order valence-corrected chi connectivity index (χ4v) is 4.14. The second-order valence-electron chi connectivity index (χ2n) is 7.41. The van der Waals surface area contributed by atoms with Gasteiger partial charge in [-0.15, -0.1) is 0 Å². The number of aliphatic carboxylic acids is 1. The van der Waals surface area contributed by atoms with E-state index < -0.39 is 5.97 Å². The molecule has 0 radical (unpaired) electrons. The van der Waals surface area contributed by atoms with Crippen LogP contribution in [0, 0.1) is 0 Å². The van der Waals surface area contributed by atoms with Crippen molar-refractivity contribution in [2.75, 3.05) is 19.6 Å². The quantitative estimate of drug-likeness (QED) is 0.784. The zero-order valence-corrected chi connectivity index (χ0v) is 15.4. The van der Waals surface area contributed by atoms with Gasteiger partial charge in [0.1, 0.15) is 0 Å². The molecule has 2 N–H and O–H groups in total. The van der Waals surface area contributed by atoms with Crippen molar-refractivity contribution in [3.05, 3.63) is 35.9 Å². The van der Waals surface area contributed by atoms with Gasteiger partial charge in [-0.1, -0.05) is 37.3 Å². The van der Waals surface area contributed by atoms with Crippen LogP contribution >= 0.6 is 0 Å². The minimum atomic E-state index is -0.792. The summed E-state index contributed by atoms with van der Waals surface area (Å²) < 4.78 is 0. The fourth-order valence-electron chi connectivity index (χ4n) is 4.14. The van der Waals surface area contributed by atoms with E-state index in [-0.39, 0.29) is 30.7 Å². The number of urea groups is 1. The third-order valence-electron chi connectivity index (χ3n) is 5.65. The highest BCUT2D eigenvalue weighted by Crippen LogP contribution is 2.27. The number of carboxylic acids is 1. The second-order valence-corrected chi connectivity index (χ2v) is 7.41. The lowest BCUT2D eigenvalue weighted by molar-refractivity contribution is -0.139. The first-order chi connectivity index (χ1) is 12.6. The Bertz CT molecular complexity index is 616. The van der Waals surface area contributed by atoms with Crippen LogP contribution in [0.2, 0.25) is 0 Å². The fraction of sp³-hybridized carbons (Fsp3) is 0.600. The number of hydrogen-bond donors (Lipinski definition) is 2. The molecule has 6 heteroatoms. The summed E-state index contributed by atoms with van der Waals surface area (Å²) in [4.78, 5) is 27.5. The summed E-state index contributed by atoms with van der Waals surface area (Å²) in [5.74, 6) is -0.792. The Kier molecular flexibility index (Phi) is 6.14. The van der Waals surface area contributed by atoms with Gasteiger partial charge in [0, 0.05) is 24.7 Å². The van der Waals surface area contributed by atoms with Crippen LogP contribution in [0.25, 0.3) is 0 Å². The topological polar surface area (TPSA) is 72.9 Å². The maximum Gasteiger partial charge on any atom is 0.317 e. The molecular weight excluding hydrogens is 330 g/mol. The van der Waals surface area contributed by atoms with E-state index >= 15 is 0 Å². The Morgan fingerprint density at radius 3 is 2.65 bits per heavy atom. The van der Waals surface area contributed by atoms with E-state index in [0.717, 1.165) is 45.2 Å². The van der Waals surface area contributed by atoms with E-state index in [0.29, 0.717) is 0 Å². The van der Waals surface area contributed by atoms with Gasteiger partial charge in [-0.25, -0.2) is 4.79 Å². The molecule has 1 aromatic rings. The number of likely N-dealkylation sites (tertiary alicyclic amines) is 1. The van der Waals surface area contributed by atoms with Crippen molar-refractivity contribution in [2.45, 2.75) is 57.2 Å². The highest BCUT2D eigenvalue weighted by atomic mass is 16.4. The molecule has 2 fully saturated rings. The Balaban J connectivity index is 1.47. The normalized spacial score (nSPS) is 25.2. The molecule has 1 aliphatic carbocycles. The van der Waals surface area contributed by atoms with Gasteiger partial charge in [0.15, 0.2) is 0 Å². The average molecular weight is 359 g/mol. The average Bonchev–Trinajstić information content (AvgIpc) is 3.04. The van der Waals surface area contributed by atoms with Crippen LogP contribution in [0.4, 0.5) is 4.79 Å². The Labute approximate surface area is 155 Å². The summed E-state index contributed by atoms with van der Waals surface area (Å²) in [7, 11) is 0. The molecule has 142 valence electrons. The van der Waals surface area contributed by atoms with Crippen LogP contribution in [0.15, 0.2) is 30.3 Å². The van der Waals surface area contributed by atoms with Gasteiger partial charge < -0.3 is 15.3 Å². The molecule has 0 aromatic heterocycles. The first-order valence-electron chi connectivity index (χ1n) is 9.63. The largest absolute Gasteiger partial charge is 0.480 e. The van der Waals surface area contributed by atoms with Gasteiger partial charge in [-0.3, -0.25) is 9.69 Å². The van der Waals surface area contributed by atoms with Gasteiger partial charge in [-0.2, -0.15) is 0 Å². The molecule has 1 saturated heterocycles. The van der Waals surface area contributed by atoms with E-state index in [1.54, 1.807) is 0 Å². The monoisotopic (exact) mass is 359 g/mol. The van der Waals surface area contributed by atoms with Crippen LogP contribution in [-0.2, 0) is 11.2 Å². The maximum atomic E-state index is 12.7. The van der Waals surface area contributed by atoms with Gasteiger partial charge >= 0.3 is 12.0 Å². The number of amides is 2. The molecule has 0 spiro atoms. The minimum absolute atomic E-state index is 0.0353. The molecule has 1 saturated carbocycles.